The maximum atomic E-state index is 11.8. The minimum absolute atomic E-state index is 0.163. The Hall–Kier alpha value is -1.64. The molecule has 1 aliphatic rings. The zero-order chi connectivity index (χ0) is 13.8. The molecule has 1 saturated carbocycles. The van der Waals surface area contributed by atoms with Gasteiger partial charge < -0.3 is 5.11 Å². The van der Waals surface area contributed by atoms with Crippen LogP contribution in [0.25, 0.3) is 0 Å². The van der Waals surface area contributed by atoms with Gasteiger partial charge in [-0.2, -0.15) is 0 Å². The van der Waals surface area contributed by atoms with Gasteiger partial charge in [-0.15, -0.1) is 0 Å². The molecule has 0 aromatic heterocycles. The summed E-state index contributed by atoms with van der Waals surface area (Å²) in [6, 6.07) is 7.64. The highest BCUT2D eigenvalue weighted by atomic mass is 16.4. The Morgan fingerprint density at radius 2 is 2.00 bits per heavy atom. The fraction of sp³-hybridized carbons (Fsp3) is 0.500. The van der Waals surface area contributed by atoms with Crippen LogP contribution in [-0.4, -0.2) is 16.9 Å². The van der Waals surface area contributed by atoms with E-state index in [-0.39, 0.29) is 5.92 Å². The normalized spacial score (nSPS) is 21.1. The van der Waals surface area contributed by atoms with Crippen molar-refractivity contribution in [2.45, 2.75) is 44.9 Å². The first-order valence-corrected chi connectivity index (χ1v) is 6.92. The highest BCUT2D eigenvalue weighted by molar-refractivity contribution is 5.81. The summed E-state index contributed by atoms with van der Waals surface area (Å²) in [6.07, 6.45) is 4.68. The summed E-state index contributed by atoms with van der Waals surface area (Å²) in [5, 5.41) is 8.96. The molecule has 0 radical (unpaired) electrons. The molecule has 0 heterocycles. The van der Waals surface area contributed by atoms with E-state index in [0.717, 1.165) is 43.2 Å². The molecule has 102 valence electrons. The summed E-state index contributed by atoms with van der Waals surface area (Å²) in [5.74, 6) is -0.744. The van der Waals surface area contributed by atoms with E-state index in [4.69, 9.17) is 5.11 Å². The molecule has 1 aromatic rings. The number of carbonyl (C=O) groups is 2. The molecule has 3 nitrogen and oxygen atoms in total. The Morgan fingerprint density at radius 1 is 1.32 bits per heavy atom. The summed E-state index contributed by atoms with van der Waals surface area (Å²) >= 11 is 0. The fourth-order valence-electron chi connectivity index (χ4n) is 2.64. The number of carbonyl (C=O) groups excluding carboxylic acids is 1. The second kappa shape index (κ2) is 6.00. The van der Waals surface area contributed by atoms with E-state index in [0.29, 0.717) is 5.78 Å². The number of aliphatic carboxylic acids is 1. The molecular weight excluding hydrogens is 240 g/mol. The molecular formula is C16H20O3. The van der Waals surface area contributed by atoms with Gasteiger partial charge in [0.1, 0.15) is 5.78 Å². The molecule has 2 rings (SSSR count). The standard InChI is InChI=1S/C16H20O3/c1-11(16(18)19)13-8-6-12(7-9-13)10-14-4-2-3-5-15(14)17/h6-9,11,14H,2-5,10H2,1H3,(H,18,19)/t11-,14-/m0/s1. The molecule has 0 saturated heterocycles. The number of Topliss-reactive ketones (excluding diaryl/α,β-unsaturated/α-hetero) is 1. The predicted molar refractivity (Wildman–Crippen MR) is 73.2 cm³/mol. The van der Waals surface area contributed by atoms with Gasteiger partial charge in [-0.1, -0.05) is 30.7 Å². The first kappa shape index (κ1) is 13.8. The van der Waals surface area contributed by atoms with Crippen molar-refractivity contribution in [3.8, 4) is 0 Å². The number of hydrogen-bond donors (Lipinski definition) is 1. The zero-order valence-corrected chi connectivity index (χ0v) is 11.3. The number of rotatable bonds is 4. The number of benzene rings is 1. The molecule has 3 heteroatoms. The molecule has 0 aliphatic heterocycles. The van der Waals surface area contributed by atoms with Crippen LogP contribution in [0.3, 0.4) is 0 Å². The second-order valence-electron chi connectivity index (χ2n) is 5.41. The maximum absolute atomic E-state index is 11.8. The van der Waals surface area contributed by atoms with Gasteiger partial charge in [0.25, 0.3) is 0 Å². The van der Waals surface area contributed by atoms with Crippen molar-refractivity contribution in [1.29, 1.82) is 0 Å². The quantitative estimate of drug-likeness (QED) is 0.904. The van der Waals surface area contributed by atoms with Crippen molar-refractivity contribution in [3.63, 3.8) is 0 Å². The number of carboxylic acids is 1. The lowest BCUT2D eigenvalue weighted by Crippen LogP contribution is -2.21. The highest BCUT2D eigenvalue weighted by Crippen LogP contribution is 2.25. The summed E-state index contributed by atoms with van der Waals surface area (Å²) in [4.78, 5) is 22.7. The van der Waals surface area contributed by atoms with Gasteiger partial charge in [-0.05, 0) is 37.3 Å². The maximum Gasteiger partial charge on any atom is 0.310 e. The Balaban J connectivity index is 2.02. The first-order chi connectivity index (χ1) is 9.08. The number of ketones is 1. The monoisotopic (exact) mass is 260 g/mol. The van der Waals surface area contributed by atoms with Gasteiger partial charge in [0, 0.05) is 12.3 Å². The predicted octanol–water partition coefficient (Wildman–Crippen LogP) is 3.18. The fourth-order valence-corrected chi connectivity index (χ4v) is 2.64. The van der Waals surface area contributed by atoms with Crippen LogP contribution >= 0.6 is 0 Å². The Kier molecular flexibility index (Phi) is 4.35. The number of carboxylic acid groups (broad SMARTS) is 1. The van der Waals surface area contributed by atoms with E-state index in [9.17, 15) is 9.59 Å². The molecule has 0 bridgehead atoms. The lowest BCUT2D eigenvalue weighted by Gasteiger charge is -2.20. The van der Waals surface area contributed by atoms with Crippen molar-refractivity contribution >= 4 is 11.8 Å². The Bertz CT molecular complexity index is 461. The molecule has 1 fully saturated rings. The van der Waals surface area contributed by atoms with Crippen molar-refractivity contribution in [1.82, 2.24) is 0 Å². The molecule has 1 aliphatic carbocycles. The van der Waals surface area contributed by atoms with Gasteiger partial charge >= 0.3 is 5.97 Å². The SMILES string of the molecule is C[C@H](C(=O)O)c1ccc(C[C@@H]2CCCCC2=O)cc1. The van der Waals surface area contributed by atoms with Crippen molar-refractivity contribution < 1.29 is 14.7 Å². The Morgan fingerprint density at radius 3 is 2.58 bits per heavy atom. The molecule has 0 spiro atoms. The van der Waals surface area contributed by atoms with Crippen molar-refractivity contribution in [2.75, 3.05) is 0 Å². The van der Waals surface area contributed by atoms with Crippen molar-refractivity contribution in [2.24, 2.45) is 5.92 Å². The minimum atomic E-state index is -0.810. The van der Waals surface area contributed by atoms with Gasteiger partial charge in [0.15, 0.2) is 0 Å². The smallest absolute Gasteiger partial charge is 0.310 e. The molecule has 2 atom stereocenters. The zero-order valence-electron chi connectivity index (χ0n) is 11.3. The van der Waals surface area contributed by atoms with Gasteiger partial charge in [-0.3, -0.25) is 9.59 Å². The van der Waals surface area contributed by atoms with E-state index < -0.39 is 11.9 Å². The van der Waals surface area contributed by atoms with Crippen LogP contribution in [0.2, 0.25) is 0 Å². The van der Waals surface area contributed by atoms with Crippen LogP contribution in [0.4, 0.5) is 0 Å². The average Bonchev–Trinajstić information content (AvgIpc) is 2.41. The van der Waals surface area contributed by atoms with E-state index >= 15 is 0 Å². The van der Waals surface area contributed by atoms with E-state index in [2.05, 4.69) is 0 Å². The van der Waals surface area contributed by atoms with Crippen LogP contribution in [0, 0.1) is 5.92 Å². The molecule has 19 heavy (non-hydrogen) atoms. The third kappa shape index (κ3) is 3.43. The third-order valence-electron chi connectivity index (χ3n) is 4.01. The van der Waals surface area contributed by atoms with Crippen LogP contribution in [-0.2, 0) is 16.0 Å². The highest BCUT2D eigenvalue weighted by Gasteiger charge is 2.22. The first-order valence-electron chi connectivity index (χ1n) is 6.92. The van der Waals surface area contributed by atoms with Crippen LogP contribution in [0.5, 0.6) is 0 Å². The average molecular weight is 260 g/mol. The lowest BCUT2D eigenvalue weighted by atomic mass is 9.83. The lowest BCUT2D eigenvalue weighted by molar-refractivity contribution is -0.138. The van der Waals surface area contributed by atoms with Crippen LogP contribution in [0.1, 0.15) is 49.7 Å². The summed E-state index contributed by atoms with van der Waals surface area (Å²) in [6.45, 7) is 1.68. The van der Waals surface area contributed by atoms with Crippen LogP contribution in [0.15, 0.2) is 24.3 Å². The summed E-state index contributed by atoms with van der Waals surface area (Å²) in [7, 11) is 0. The largest absolute Gasteiger partial charge is 0.481 e. The van der Waals surface area contributed by atoms with Crippen molar-refractivity contribution in [3.05, 3.63) is 35.4 Å². The van der Waals surface area contributed by atoms with Gasteiger partial charge in [0.05, 0.1) is 5.92 Å². The molecule has 1 aromatic carbocycles. The van der Waals surface area contributed by atoms with E-state index in [1.807, 2.05) is 24.3 Å². The Labute approximate surface area is 113 Å². The minimum Gasteiger partial charge on any atom is -0.481 e. The summed E-state index contributed by atoms with van der Waals surface area (Å²) < 4.78 is 0. The molecule has 1 N–H and O–H groups in total. The second-order valence-corrected chi connectivity index (χ2v) is 5.41. The number of hydrogen-bond acceptors (Lipinski definition) is 2. The van der Waals surface area contributed by atoms with Crippen LogP contribution < -0.4 is 0 Å². The van der Waals surface area contributed by atoms with Gasteiger partial charge in [-0.25, -0.2) is 0 Å². The third-order valence-corrected chi connectivity index (χ3v) is 4.01. The van der Waals surface area contributed by atoms with E-state index in [1.54, 1.807) is 6.92 Å². The molecule has 0 amide bonds. The van der Waals surface area contributed by atoms with E-state index in [1.165, 1.54) is 0 Å². The summed E-state index contributed by atoms with van der Waals surface area (Å²) in [5.41, 5.74) is 1.94. The topological polar surface area (TPSA) is 54.4 Å². The van der Waals surface area contributed by atoms with Gasteiger partial charge in [0.2, 0.25) is 0 Å². The molecule has 0 unspecified atom stereocenters.